The van der Waals surface area contributed by atoms with E-state index in [0.29, 0.717) is 16.6 Å². The van der Waals surface area contributed by atoms with Gasteiger partial charge in [-0.25, -0.2) is 0 Å². The van der Waals surface area contributed by atoms with Crippen molar-refractivity contribution in [1.29, 1.82) is 0 Å². The lowest BCUT2D eigenvalue weighted by Gasteiger charge is -2.30. The fourth-order valence-electron chi connectivity index (χ4n) is 1.66. The normalized spacial score (nSPS) is 13.2. The maximum absolute atomic E-state index is 12.2. The number of benzene rings is 1. The highest BCUT2D eigenvalue weighted by Crippen LogP contribution is 2.22. The molecular formula is C14H20Cl2N2O. The van der Waals surface area contributed by atoms with Gasteiger partial charge in [-0.1, -0.05) is 44.0 Å². The van der Waals surface area contributed by atoms with E-state index in [1.165, 1.54) is 0 Å². The number of rotatable bonds is 3. The summed E-state index contributed by atoms with van der Waals surface area (Å²) in [6.45, 7) is 6.27. The molecule has 1 amide bonds. The van der Waals surface area contributed by atoms with Gasteiger partial charge in [-0.15, -0.1) is 0 Å². The van der Waals surface area contributed by atoms with Crippen LogP contribution >= 0.6 is 23.2 Å². The van der Waals surface area contributed by atoms with E-state index in [4.69, 9.17) is 28.9 Å². The summed E-state index contributed by atoms with van der Waals surface area (Å²) >= 11 is 11.9. The number of hydrogen-bond donors (Lipinski definition) is 1. The smallest absolute Gasteiger partial charge is 0.240 e. The first kappa shape index (κ1) is 16.3. The number of halogens is 2. The number of nitrogens with zero attached hydrogens (tertiary/aromatic N) is 1. The van der Waals surface area contributed by atoms with Crippen LogP contribution in [-0.2, 0) is 11.3 Å². The van der Waals surface area contributed by atoms with Crippen molar-refractivity contribution in [1.82, 2.24) is 4.90 Å². The van der Waals surface area contributed by atoms with Crippen molar-refractivity contribution < 1.29 is 4.79 Å². The monoisotopic (exact) mass is 302 g/mol. The zero-order valence-corrected chi connectivity index (χ0v) is 13.2. The lowest BCUT2D eigenvalue weighted by atomic mass is 9.86. The van der Waals surface area contributed by atoms with Gasteiger partial charge in [0, 0.05) is 23.6 Å². The van der Waals surface area contributed by atoms with E-state index < -0.39 is 6.04 Å². The van der Waals surface area contributed by atoms with Crippen LogP contribution in [0.1, 0.15) is 26.3 Å². The van der Waals surface area contributed by atoms with Crippen LogP contribution in [0.2, 0.25) is 10.0 Å². The van der Waals surface area contributed by atoms with Gasteiger partial charge in [0.05, 0.1) is 6.04 Å². The van der Waals surface area contributed by atoms with Crippen molar-refractivity contribution in [2.45, 2.75) is 33.4 Å². The maximum Gasteiger partial charge on any atom is 0.240 e. The van der Waals surface area contributed by atoms with Crippen LogP contribution in [0.4, 0.5) is 0 Å². The molecule has 0 aliphatic carbocycles. The maximum atomic E-state index is 12.2. The molecule has 0 fully saturated rings. The Kier molecular flexibility index (Phi) is 5.25. The molecule has 0 aliphatic heterocycles. The second-order valence-corrected chi connectivity index (χ2v) is 6.69. The molecule has 2 N–H and O–H groups in total. The van der Waals surface area contributed by atoms with E-state index in [0.717, 1.165) is 5.56 Å². The molecule has 1 aromatic rings. The second-order valence-electron chi connectivity index (χ2n) is 5.82. The number of amides is 1. The number of likely N-dealkylation sites (N-methyl/N-ethyl adjacent to an activating group) is 1. The van der Waals surface area contributed by atoms with Gasteiger partial charge in [0.25, 0.3) is 0 Å². The Bertz CT molecular complexity index is 449. The second kappa shape index (κ2) is 6.12. The van der Waals surface area contributed by atoms with Crippen LogP contribution in [-0.4, -0.2) is 23.9 Å². The number of carbonyl (C=O) groups is 1. The predicted octanol–water partition coefficient (Wildman–Crippen LogP) is 3.33. The molecule has 0 aliphatic rings. The first-order valence-corrected chi connectivity index (χ1v) is 6.82. The molecule has 19 heavy (non-hydrogen) atoms. The van der Waals surface area contributed by atoms with E-state index in [1.54, 1.807) is 30.1 Å². The van der Waals surface area contributed by atoms with Gasteiger partial charge < -0.3 is 10.6 Å². The molecule has 3 nitrogen and oxygen atoms in total. The molecule has 1 atom stereocenters. The Balaban J connectivity index is 2.79. The SMILES string of the molecule is CN(Cc1cc(Cl)cc(Cl)c1)C(=O)[C@@H](N)C(C)(C)C. The molecule has 0 saturated heterocycles. The minimum atomic E-state index is -0.535. The number of carbonyl (C=O) groups excluding carboxylic acids is 1. The summed E-state index contributed by atoms with van der Waals surface area (Å²) in [7, 11) is 1.72. The average Bonchev–Trinajstić information content (AvgIpc) is 2.24. The number of nitrogens with two attached hydrogens (primary N) is 1. The third-order valence-corrected chi connectivity index (χ3v) is 3.35. The summed E-state index contributed by atoms with van der Waals surface area (Å²) in [4.78, 5) is 13.8. The summed E-state index contributed by atoms with van der Waals surface area (Å²) in [5, 5.41) is 1.12. The molecule has 0 spiro atoms. The summed E-state index contributed by atoms with van der Waals surface area (Å²) in [6, 6.07) is 4.71. The molecule has 5 heteroatoms. The highest BCUT2D eigenvalue weighted by atomic mass is 35.5. The van der Waals surface area contributed by atoms with E-state index >= 15 is 0 Å². The van der Waals surface area contributed by atoms with Crippen LogP contribution in [0.5, 0.6) is 0 Å². The van der Waals surface area contributed by atoms with Crippen molar-refractivity contribution in [2.24, 2.45) is 11.1 Å². The Hall–Kier alpha value is -0.770. The molecule has 0 heterocycles. The van der Waals surface area contributed by atoms with Gasteiger partial charge in [0.15, 0.2) is 0 Å². The minimum absolute atomic E-state index is 0.0939. The van der Waals surface area contributed by atoms with Crippen LogP contribution < -0.4 is 5.73 Å². The molecule has 0 aromatic heterocycles. The van der Waals surface area contributed by atoms with Crippen molar-refractivity contribution in [2.75, 3.05) is 7.05 Å². The minimum Gasteiger partial charge on any atom is -0.340 e. The van der Waals surface area contributed by atoms with E-state index in [1.807, 2.05) is 20.8 Å². The van der Waals surface area contributed by atoms with E-state index in [9.17, 15) is 4.79 Å². The topological polar surface area (TPSA) is 46.3 Å². The van der Waals surface area contributed by atoms with E-state index in [2.05, 4.69) is 0 Å². The van der Waals surface area contributed by atoms with Crippen LogP contribution in [0.25, 0.3) is 0 Å². The lowest BCUT2D eigenvalue weighted by molar-refractivity contribution is -0.134. The summed E-state index contributed by atoms with van der Waals surface area (Å²) < 4.78 is 0. The fourth-order valence-corrected chi connectivity index (χ4v) is 2.23. The van der Waals surface area contributed by atoms with Crippen LogP contribution in [0.15, 0.2) is 18.2 Å². The molecule has 0 unspecified atom stereocenters. The van der Waals surface area contributed by atoms with Crippen molar-refractivity contribution in [3.8, 4) is 0 Å². The van der Waals surface area contributed by atoms with Gasteiger partial charge >= 0.3 is 0 Å². The first-order chi connectivity index (χ1) is 8.61. The highest BCUT2D eigenvalue weighted by molar-refractivity contribution is 6.34. The Morgan fingerprint density at radius 2 is 1.74 bits per heavy atom. The summed E-state index contributed by atoms with van der Waals surface area (Å²) in [5.74, 6) is -0.0939. The third-order valence-electron chi connectivity index (χ3n) is 2.92. The van der Waals surface area contributed by atoms with Gasteiger partial charge in [-0.3, -0.25) is 4.79 Å². The predicted molar refractivity (Wildman–Crippen MR) is 80.4 cm³/mol. The summed E-state index contributed by atoms with van der Waals surface area (Å²) in [5.41, 5.74) is 6.58. The standard InChI is InChI=1S/C14H20Cl2N2O/c1-14(2,3)12(17)13(19)18(4)8-9-5-10(15)7-11(16)6-9/h5-7,12H,8,17H2,1-4H3/t12-/m1/s1. The van der Waals surface area contributed by atoms with Crippen LogP contribution in [0.3, 0.4) is 0 Å². The Morgan fingerprint density at radius 1 is 1.26 bits per heavy atom. The average molecular weight is 303 g/mol. The number of hydrogen-bond acceptors (Lipinski definition) is 2. The zero-order chi connectivity index (χ0) is 14.8. The van der Waals surface area contributed by atoms with Crippen molar-refractivity contribution in [3.05, 3.63) is 33.8 Å². The molecule has 1 rings (SSSR count). The first-order valence-electron chi connectivity index (χ1n) is 6.07. The Labute approximate surface area is 124 Å². The highest BCUT2D eigenvalue weighted by Gasteiger charge is 2.29. The molecule has 1 aromatic carbocycles. The van der Waals surface area contributed by atoms with Crippen molar-refractivity contribution in [3.63, 3.8) is 0 Å². The molecule has 0 radical (unpaired) electrons. The largest absolute Gasteiger partial charge is 0.340 e. The van der Waals surface area contributed by atoms with Gasteiger partial charge in [0.1, 0.15) is 0 Å². The molecular weight excluding hydrogens is 283 g/mol. The molecule has 106 valence electrons. The van der Waals surface area contributed by atoms with Gasteiger partial charge in [0.2, 0.25) is 5.91 Å². The molecule has 0 saturated carbocycles. The fraction of sp³-hybridized carbons (Fsp3) is 0.500. The van der Waals surface area contributed by atoms with E-state index in [-0.39, 0.29) is 11.3 Å². The lowest BCUT2D eigenvalue weighted by Crippen LogP contribution is -2.48. The van der Waals surface area contributed by atoms with Crippen LogP contribution in [0, 0.1) is 5.41 Å². The Morgan fingerprint density at radius 3 is 2.16 bits per heavy atom. The van der Waals surface area contributed by atoms with Crippen molar-refractivity contribution >= 4 is 29.1 Å². The van der Waals surface area contributed by atoms with Gasteiger partial charge in [-0.2, -0.15) is 0 Å². The third kappa shape index (κ3) is 4.68. The van der Waals surface area contributed by atoms with Gasteiger partial charge in [-0.05, 0) is 29.2 Å². The summed E-state index contributed by atoms with van der Waals surface area (Å²) in [6.07, 6.45) is 0. The quantitative estimate of drug-likeness (QED) is 0.931. The zero-order valence-electron chi connectivity index (χ0n) is 11.7. The molecule has 0 bridgehead atoms.